The van der Waals surface area contributed by atoms with Gasteiger partial charge in [0.25, 0.3) is 0 Å². The molecular weight excluding hydrogens is 384 g/mol. The Morgan fingerprint density at radius 3 is 2.81 bits per heavy atom. The van der Waals surface area contributed by atoms with E-state index >= 15 is 0 Å². The van der Waals surface area contributed by atoms with Gasteiger partial charge in [-0.05, 0) is 30.4 Å². The summed E-state index contributed by atoms with van der Waals surface area (Å²) in [5.41, 5.74) is 2.25. The maximum absolute atomic E-state index is 12.1. The predicted octanol–water partition coefficient (Wildman–Crippen LogP) is 1.51. The van der Waals surface area contributed by atoms with Crippen molar-refractivity contribution in [1.29, 1.82) is 0 Å². The summed E-state index contributed by atoms with van der Waals surface area (Å²) >= 11 is 1.33. The average molecular weight is 409 g/mol. The van der Waals surface area contributed by atoms with Crippen LogP contribution in [-0.2, 0) is 34.6 Å². The summed E-state index contributed by atoms with van der Waals surface area (Å²) in [5, 5.41) is 11.9. The zero-order valence-electron chi connectivity index (χ0n) is 15.5. The number of sulfone groups is 1. The number of nitrogens with zero attached hydrogens (tertiary/aromatic N) is 3. The van der Waals surface area contributed by atoms with Crippen LogP contribution in [0.5, 0.6) is 0 Å². The number of thioether (sulfide) groups is 1. The second-order valence-electron chi connectivity index (χ2n) is 6.92. The summed E-state index contributed by atoms with van der Waals surface area (Å²) in [4.78, 5) is 12.1. The summed E-state index contributed by atoms with van der Waals surface area (Å²) in [6.07, 6.45) is 1.28. The first-order valence-corrected chi connectivity index (χ1v) is 11.7. The molecule has 1 atom stereocenters. The summed E-state index contributed by atoms with van der Waals surface area (Å²) in [5.74, 6) is 1.56. The van der Waals surface area contributed by atoms with Crippen molar-refractivity contribution in [2.75, 3.05) is 17.3 Å². The maximum Gasteiger partial charge on any atom is 0.230 e. The Hall–Kier alpha value is -1.87. The lowest BCUT2D eigenvalue weighted by molar-refractivity contribution is -0.118. The number of amides is 1. The zero-order valence-corrected chi connectivity index (χ0v) is 17.1. The Morgan fingerprint density at radius 2 is 2.11 bits per heavy atom. The first kappa shape index (κ1) is 19.9. The third kappa shape index (κ3) is 5.32. The van der Waals surface area contributed by atoms with Crippen molar-refractivity contribution >= 4 is 27.5 Å². The highest BCUT2D eigenvalue weighted by molar-refractivity contribution is 7.99. The van der Waals surface area contributed by atoms with E-state index < -0.39 is 9.84 Å². The van der Waals surface area contributed by atoms with Gasteiger partial charge in [-0.25, -0.2) is 8.42 Å². The van der Waals surface area contributed by atoms with Gasteiger partial charge < -0.3 is 9.88 Å². The van der Waals surface area contributed by atoms with Crippen molar-refractivity contribution in [3.63, 3.8) is 0 Å². The summed E-state index contributed by atoms with van der Waals surface area (Å²) in [7, 11) is -1.04. The number of rotatable bonds is 7. The van der Waals surface area contributed by atoms with Crippen LogP contribution >= 0.6 is 11.8 Å². The molecular formula is C18H24N4O3S2. The fourth-order valence-electron chi connectivity index (χ4n) is 3.12. The second-order valence-corrected chi connectivity index (χ2v) is 10.1. The first-order chi connectivity index (χ1) is 12.8. The number of carbonyl (C=O) groups is 1. The largest absolute Gasteiger partial charge is 0.351 e. The molecule has 1 saturated heterocycles. The van der Waals surface area contributed by atoms with E-state index in [1.54, 1.807) is 0 Å². The molecule has 1 aliphatic heterocycles. The number of nitrogens with one attached hydrogen (secondary N) is 1. The van der Waals surface area contributed by atoms with Crippen LogP contribution in [0.2, 0.25) is 0 Å². The average Bonchev–Trinajstić information content (AvgIpc) is 3.15. The number of hydrogen-bond acceptors (Lipinski definition) is 6. The van der Waals surface area contributed by atoms with E-state index in [-0.39, 0.29) is 29.1 Å². The minimum atomic E-state index is -2.89. The van der Waals surface area contributed by atoms with E-state index in [4.69, 9.17) is 0 Å². The van der Waals surface area contributed by atoms with Gasteiger partial charge in [-0.15, -0.1) is 10.2 Å². The highest BCUT2D eigenvalue weighted by Gasteiger charge is 2.29. The van der Waals surface area contributed by atoms with Crippen LogP contribution in [0.3, 0.4) is 0 Å². The molecule has 3 rings (SSSR count). The molecule has 0 spiro atoms. The quantitative estimate of drug-likeness (QED) is 0.698. The lowest BCUT2D eigenvalue weighted by Gasteiger charge is -2.09. The maximum atomic E-state index is 12.1. The Morgan fingerprint density at radius 1 is 1.33 bits per heavy atom. The van der Waals surface area contributed by atoms with Crippen LogP contribution < -0.4 is 5.32 Å². The molecule has 0 aliphatic carbocycles. The van der Waals surface area contributed by atoms with E-state index in [1.807, 2.05) is 42.8 Å². The number of hydrogen-bond donors (Lipinski definition) is 1. The molecule has 0 bridgehead atoms. The van der Waals surface area contributed by atoms with Crippen molar-refractivity contribution in [2.24, 2.45) is 13.0 Å². The Kier molecular flexibility index (Phi) is 6.21. The molecule has 1 aliphatic rings. The Bertz CT molecular complexity index is 924. The van der Waals surface area contributed by atoms with Crippen LogP contribution in [0.1, 0.15) is 23.4 Å². The highest BCUT2D eigenvalue weighted by atomic mass is 32.2. The molecule has 1 fully saturated rings. The molecule has 9 heteroatoms. The summed E-state index contributed by atoms with van der Waals surface area (Å²) < 4.78 is 25.0. The fourth-order valence-corrected chi connectivity index (χ4v) is 5.74. The van der Waals surface area contributed by atoms with Gasteiger partial charge in [0.05, 0.1) is 17.3 Å². The van der Waals surface area contributed by atoms with Crippen LogP contribution in [0.25, 0.3) is 0 Å². The molecule has 1 N–H and O–H groups in total. The molecule has 0 saturated carbocycles. The molecule has 1 aromatic carbocycles. The minimum absolute atomic E-state index is 0.0605. The lowest BCUT2D eigenvalue weighted by atomic mass is 10.1. The highest BCUT2D eigenvalue weighted by Crippen LogP contribution is 2.23. The Labute approximate surface area is 163 Å². The van der Waals surface area contributed by atoms with Crippen molar-refractivity contribution in [1.82, 2.24) is 20.1 Å². The van der Waals surface area contributed by atoms with E-state index in [0.29, 0.717) is 24.5 Å². The van der Waals surface area contributed by atoms with E-state index in [9.17, 15) is 13.2 Å². The van der Waals surface area contributed by atoms with Gasteiger partial charge >= 0.3 is 0 Å². The topological polar surface area (TPSA) is 94.0 Å². The molecule has 146 valence electrons. The molecule has 1 amide bonds. The molecule has 0 unspecified atom stereocenters. The molecule has 2 aromatic rings. The van der Waals surface area contributed by atoms with Gasteiger partial charge in [0.15, 0.2) is 15.0 Å². The first-order valence-electron chi connectivity index (χ1n) is 8.87. The van der Waals surface area contributed by atoms with E-state index in [2.05, 4.69) is 15.5 Å². The van der Waals surface area contributed by atoms with Gasteiger partial charge in [0, 0.05) is 20.0 Å². The van der Waals surface area contributed by atoms with E-state index in [1.165, 1.54) is 11.8 Å². The van der Waals surface area contributed by atoms with Crippen LogP contribution in [0.4, 0.5) is 0 Å². The molecule has 2 heterocycles. The van der Waals surface area contributed by atoms with Gasteiger partial charge in [-0.3, -0.25) is 4.79 Å². The monoisotopic (exact) mass is 408 g/mol. The molecule has 0 radical (unpaired) electrons. The van der Waals surface area contributed by atoms with Gasteiger partial charge in [-0.2, -0.15) is 0 Å². The number of carbonyl (C=O) groups excluding carboxylic acids is 1. The smallest absolute Gasteiger partial charge is 0.230 e. The van der Waals surface area contributed by atoms with Gasteiger partial charge in [0.2, 0.25) is 5.91 Å². The van der Waals surface area contributed by atoms with Crippen LogP contribution in [0.15, 0.2) is 29.4 Å². The van der Waals surface area contributed by atoms with Gasteiger partial charge in [-0.1, -0.05) is 36.0 Å². The van der Waals surface area contributed by atoms with E-state index in [0.717, 1.165) is 17.0 Å². The lowest BCUT2D eigenvalue weighted by Crippen LogP contribution is -2.25. The second kappa shape index (κ2) is 8.43. The minimum Gasteiger partial charge on any atom is -0.351 e. The zero-order chi connectivity index (χ0) is 19.4. The van der Waals surface area contributed by atoms with Crippen molar-refractivity contribution < 1.29 is 13.2 Å². The molecule has 27 heavy (non-hydrogen) atoms. The SMILES string of the molecule is Cc1ccccc1CNC(=O)CSc1nnc(C[C@H]2CCS(=O)(=O)C2)n1C. The number of benzene rings is 1. The molecule has 7 nitrogen and oxygen atoms in total. The summed E-state index contributed by atoms with van der Waals surface area (Å²) in [6, 6.07) is 7.96. The summed E-state index contributed by atoms with van der Waals surface area (Å²) in [6.45, 7) is 2.53. The van der Waals surface area contributed by atoms with Crippen LogP contribution in [0, 0.1) is 12.8 Å². The number of aryl methyl sites for hydroxylation is 1. The standard InChI is InChI=1S/C18H24N4O3S2/c1-13-5-3-4-6-15(13)10-19-17(23)11-26-18-21-20-16(22(18)2)9-14-7-8-27(24,25)12-14/h3-6,14H,7-12H2,1-2H3,(H,19,23)/t14-/m1/s1. The molecule has 1 aromatic heterocycles. The number of aromatic nitrogens is 3. The third-order valence-electron chi connectivity index (χ3n) is 4.79. The third-order valence-corrected chi connectivity index (χ3v) is 7.65. The Balaban J connectivity index is 1.49. The van der Waals surface area contributed by atoms with Crippen molar-refractivity contribution in [2.45, 2.75) is 31.5 Å². The van der Waals surface area contributed by atoms with Crippen molar-refractivity contribution in [3.8, 4) is 0 Å². The predicted molar refractivity (Wildman–Crippen MR) is 105 cm³/mol. The normalized spacial score (nSPS) is 18.5. The van der Waals surface area contributed by atoms with Crippen LogP contribution in [-0.4, -0.2) is 46.3 Å². The van der Waals surface area contributed by atoms with Crippen molar-refractivity contribution in [3.05, 3.63) is 41.2 Å². The fraction of sp³-hybridized carbons (Fsp3) is 0.500. The van der Waals surface area contributed by atoms with Gasteiger partial charge in [0.1, 0.15) is 5.82 Å².